The molecule has 1 aromatic carbocycles. The number of unbranched alkanes of at least 4 members (excludes halogenated alkanes) is 2. The summed E-state index contributed by atoms with van der Waals surface area (Å²) in [4.78, 5) is 51.0. The molecule has 0 saturated heterocycles. The third-order valence-electron chi connectivity index (χ3n) is 5.42. The molecule has 0 aliphatic carbocycles. The number of carbonyl (C=O) groups excluding carboxylic acids is 4. The van der Waals surface area contributed by atoms with Gasteiger partial charge in [0, 0.05) is 25.8 Å². The Morgan fingerprint density at radius 1 is 0.944 bits per heavy atom. The summed E-state index contributed by atoms with van der Waals surface area (Å²) < 4.78 is 0. The minimum Gasteiger partial charge on any atom is -0.351 e. The van der Waals surface area contributed by atoms with Gasteiger partial charge in [0.1, 0.15) is 18.1 Å². The number of carbonyl (C=O) groups is 4. The van der Waals surface area contributed by atoms with Crippen molar-refractivity contribution in [2.24, 2.45) is 5.92 Å². The molecule has 0 heterocycles. The summed E-state index contributed by atoms with van der Waals surface area (Å²) in [6.45, 7) is 9.28. The van der Waals surface area contributed by atoms with Crippen LogP contribution in [0.1, 0.15) is 58.4 Å². The second-order valence-corrected chi connectivity index (χ2v) is 9.18. The van der Waals surface area contributed by atoms with E-state index >= 15 is 0 Å². The maximum Gasteiger partial charge on any atom is 0.243 e. The number of rotatable bonds is 16. The molecule has 3 atom stereocenters. The lowest BCUT2D eigenvalue weighted by molar-refractivity contribution is -0.133. The molecular weight excluding hydrogens is 456 g/mol. The van der Waals surface area contributed by atoms with E-state index in [9.17, 15) is 19.2 Å². The van der Waals surface area contributed by atoms with Crippen molar-refractivity contribution in [1.82, 2.24) is 21.3 Å². The second kappa shape index (κ2) is 16.9. The minimum absolute atomic E-state index is 0.101. The smallest absolute Gasteiger partial charge is 0.243 e. The second-order valence-electron chi connectivity index (χ2n) is 9.18. The molecule has 0 aliphatic heterocycles. The molecule has 4 amide bonds. The number of benzene rings is 1. The van der Waals surface area contributed by atoms with Gasteiger partial charge in [0.15, 0.2) is 0 Å². The molecule has 0 fully saturated rings. The Balaban J connectivity index is 2.94. The molecule has 0 aliphatic rings. The van der Waals surface area contributed by atoms with Crippen LogP contribution in [0, 0.1) is 18.3 Å². The highest BCUT2D eigenvalue weighted by molar-refractivity contribution is 5.94. The SMILES string of the molecule is C#CCCCCC(=O)N[C@@H](Cc1ccccc1)C(=O)N[C@@H](CC(C)C)C(=O)N[C@@H](C)C(=O)NCC=C. The van der Waals surface area contributed by atoms with Crippen molar-refractivity contribution >= 4 is 23.6 Å². The first kappa shape index (κ1) is 30.4. The summed E-state index contributed by atoms with van der Waals surface area (Å²) in [6, 6.07) is 6.84. The fourth-order valence-corrected chi connectivity index (χ4v) is 3.52. The van der Waals surface area contributed by atoms with Crippen LogP contribution in [0.5, 0.6) is 0 Å². The topological polar surface area (TPSA) is 116 Å². The molecule has 196 valence electrons. The van der Waals surface area contributed by atoms with Gasteiger partial charge in [-0.1, -0.05) is 50.3 Å². The van der Waals surface area contributed by atoms with E-state index in [0.717, 1.165) is 12.0 Å². The van der Waals surface area contributed by atoms with Gasteiger partial charge in [-0.05, 0) is 37.7 Å². The first-order valence-corrected chi connectivity index (χ1v) is 12.4. The lowest BCUT2D eigenvalue weighted by Crippen LogP contribution is -2.56. The van der Waals surface area contributed by atoms with E-state index < -0.39 is 29.9 Å². The molecular formula is C28H40N4O4. The van der Waals surface area contributed by atoms with Crippen molar-refractivity contribution < 1.29 is 19.2 Å². The molecule has 0 unspecified atom stereocenters. The Kier molecular flexibility index (Phi) is 14.3. The summed E-state index contributed by atoms with van der Waals surface area (Å²) >= 11 is 0. The van der Waals surface area contributed by atoms with Crippen LogP contribution in [0.15, 0.2) is 43.0 Å². The molecule has 4 N–H and O–H groups in total. The maximum absolute atomic E-state index is 13.3. The van der Waals surface area contributed by atoms with E-state index in [2.05, 4.69) is 33.8 Å². The Hall–Kier alpha value is -3.60. The maximum atomic E-state index is 13.3. The van der Waals surface area contributed by atoms with Gasteiger partial charge in [-0.3, -0.25) is 19.2 Å². The monoisotopic (exact) mass is 496 g/mol. The van der Waals surface area contributed by atoms with Crippen LogP contribution in [-0.4, -0.2) is 48.3 Å². The van der Waals surface area contributed by atoms with E-state index in [0.29, 0.717) is 19.3 Å². The van der Waals surface area contributed by atoms with Gasteiger partial charge in [0.2, 0.25) is 23.6 Å². The third kappa shape index (κ3) is 12.2. The fraction of sp³-hybridized carbons (Fsp3) is 0.500. The van der Waals surface area contributed by atoms with Gasteiger partial charge in [-0.2, -0.15) is 0 Å². The summed E-state index contributed by atoms with van der Waals surface area (Å²) in [5.74, 6) is 1.13. The molecule has 0 spiro atoms. The number of amides is 4. The van der Waals surface area contributed by atoms with E-state index in [1.54, 1.807) is 13.0 Å². The Bertz CT molecular complexity index is 908. The summed E-state index contributed by atoms with van der Waals surface area (Å²) in [5, 5.41) is 10.9. The lowest BCUT2D eigenvalue weighted by Gasteiger charge is -2.25. The molecule has 8 heteroatoms. The van der Waals surface area contributed by atoms with Crippen molar-refractivity contribution in [3.8, 4) is 12.3 Å². The van der Waals surface area contributed by atoms with E-state index in [1.807, 2.05) is 44.2 Å². The summed E-state index contributed by atoms with van der Waals surface area (Å²) in [5.41, 5.74) is 0.877. The van der Waals surface area contributed by atoms with Gasteiger partial charge >= 0.3 is 0 Å². The van der Waals surface area contributed by atoms with Crippen molar-refractivity contribution in [2.75, 3.05) is 6.54 Å². The van der Waals surface area contributed by atoms with Crippen molar-refractivity contribution in [1.29, 1.82) is 0 Å². The van der Waals surface area contributed by atoms with Crippen LogP contribution in [-0.2, 0) is 25.6 Å². The predicted molar refractivity (Wildman–Crippen MR) is 142 cm³/mol. The number of nitrogens with one attached hydrogen (secondary N) is 4. The third-order valence-corrected chi connectivity index (χ3v) is 5.42. The van der Waals surface area contributed by atoms with Crippen LogP contribution in [0.3, 0.4) is 0 Å². The van der Waals surface area contributed by atoms with Gasteiger partial charge < -0.3 is 21.3 Å². The van der Waals surface area contributed by atoms with Gasteiger partial charge in [-0.25, -0.2) is 0 Å². The van der Waals surface area contributed by atoms with Crippen LogP contribution >= 0.6 is 0 Å². The fourth-order valence-electron chi connectivity index (χ4n) is 3.52. The highest BCUT2D eigenvalue weighted by Crippen LogP contribution is 2.09. The zero-order valence-electron chi connectivity index (χ0n) is 21.6. The van der Waals surface area contributed by atoms with E-state index in [-0.39, 0.29) is 37.1 Å². The van der Waals surface area contributed by atoms with Crippen LogP contribution in [0.4, 0.5) is 0 Å². The normalized spacial score (nSPS) is 13.0. The summed E-state index contributed by atoms with van der Waals surface area (Å²) in [6.07, 6.45) is 9.67. The quantitative estimate of drug-likeness (QED) is 0.160. The number of hydrogen-bond donors (Lipinski definition) is 4. The average molecular weight is 497 g/mol. The number of hydrogen-bond acceptors (Lipinski definition) is 4. The zero-order chi connectivity index (χ0) is 26.9. The molecule has 36 heavy (non-hydrogen) atoms. The summed E-state index contributed by atoms with van der Waals surface area (Å²) in [7, 11) is 0. The minimum atomic E-state index is -0.863. The Morgan fingerprint density at radius 3 is 2.22 bits per heavy atom. The van der Waals surface area contributed by atoms with Crippen molar-refractivity contribution in [3.63, 3.8) is 0 Å². The largest absolute Gasteiger partial charge is 0.351 e. The standard InChI is InChI=1S/C28H40N4O4/c1-6-8-9-13-16-25(33)31-24(19-22-14-11-10-12-15-22)28(36)32-23(18-20(3)4)27(35)30-21(5)26(34)29-17-7-2/h1,7,10-12,14-15,20-21,23-24H,2,8-9,13,16-19H2,3-5H3,(H,29,34)(H,30,35)(H,31,33)(H,32,36)/t21-,23-,24-/m0/s1. The molecule has 1 aromatic rings. The van der Waals surface area contributed by atoms with Gasteiger partial charge in [0.25, 0.3) is 0 Å². The molecule has 0 saturated carbocycles. The molecule has 1 rings (SSSR count). The van der Waals surface area contributed by atoms with Crippen LogP contribution in [0.2, 0.25) is 0 Å². The molecule has 0 bridgehead atoms. The van der Waals surface area contributed by atoms with E-state index in [4.69, 9.17) is 6.42 Å². The Morgan fingerprint density at radius 2 is 1.61 bits per heavy atom. The number of terminal acetylenes is 1. The Labute approximate surface area is 215 Å². The molecule has 0 radical (unpaired) electrons. The molecule has 8 nitrogen and oxygen atoms in total. The first-order chi connectivity index (χ1) is 17.2. The van der Waals surface area contributed by atoms with E-state index in [1.165, 1.54) is 0 Å². The highest BCUT2D eigenvalue weighted by atomic mass is 16.2. The first-order valence-electron chi connectivity index (χ1n) is 12.4. The predicted octanol–water partition coefficient (Wildman–Crippen LogP) is 2.25. The van der Waals surface area contributed by atoms with Gasteiger partial charge in [0.05, 0.1) is 0 Å². The highest BCUT2D eigenvalue weighted by Gasteiger charge is 2.29. The average Bonchev–Trinajstić information content (AvgIpc) is 2.84. The molecule has 0 aromatic heterocycles. The van der Waals surface area contributed by atoms with Gasteiger partial charge in [-0.15, -0.1) is 18.9 Å². The van der Waals surface area contributed by atoms with Crippen molar-refractivity contribution in [2.45, 2.75) is 77.4 Å². The van der Waals surface area contributed by atoms with Crippen LogP contribution in [0.25, 0.3) is 0 Å². The lowest BCUT2D eigenvalue weighted by atomic mass is 10.0. The van der Waals surface area contributed by atoms with Crippen LogP contribution < -0.4 is 21.3 Å². The van der Waals surface area contributed by atoms with Crippen molar-refractivity contribution in [3.05, 3.63) is 48.6 Å². The zero-order valence-corrected chi connectivity index (χ0v) is 21.6.